The topological polar surface area (TPSA) is 101 Å². The highest BCUT2D eigenvalue weighted by Crippen LogP contribution is 2.14. The van der Waals surface area contributed by atoms with Crippen LogP contribution in [0.5, 0.6) is 0 Å². The van der Waals surface area contributed by atoms with Crippen LogP contribution in [0.2, 0.25) is 0 Å². The number of carbonyl (C=O) groups is 1. The Balaban J connectivity index is 1.61. The largest absolute Gasteiger partial charge is 0.360 e. The Labute approximate surface area is 155 Å². The van der Waals surface area contributed by atoms with E-state index < -0.39 is 15.9 Å². The predicted molar refractivity (Wildman–Crippen MR) is 98.8 cm³/mol. The third-order valence-corrected chi connectivity index (χ3v) is 5.95. The number of amides is 1. The summed E-state index contributed by atoms with van der Waals surface area (Å²) in [6.45, 7) is 2.03. The third-order valence-electron chi connectivity index (χ3n) is 3.54. The van der Waals surface area contributed by atoms with Crippen molar-refractivity contribution in [1.29, 1.82) is 0 Å². The summed E-state index contributed by atoms with van der Waals surface area (Å²) in [6.07, 6.45) is 0.633. The van der Waals surface area contributed by atoms with E-state index in [4.69, 9.17) is 4.52 Å². The van der Waals surface area contributed by atoms with Gasteiger partial charge in [0.15, 0.2) is 5.82 Å². The van der Waals surface area contributed by atoms with Crippen molar-refractivity contribution >= 4 is 33.1 Å². The van der Waals surface area contributed by atoms with Gasteiger partial charge in [0.1, 0.15) is 5.76 Å². The molecule has 2 heterocycles. The van der Waals surface area contributed by atoms with Gasteiger partial charge in [-0.2, -0.15) is 0 Å². The zero-order valence-electron chi connectivity index (χ0n) is 13.9. The number of hydrogen-bond acceptors (Lipinski definition) is 6. The van der Waals surface area contributed by atoms with Crippen LogP contribution in [-0.4, -0.2) is 26.0 Å². The van der Waals surface area contributed by atoms with E-state index in [0.717, 1.165) is 4.88 Å². The van der Waals surface area contributed by atoms with Gasteiger partial charge in [-0.1, -0.05) is 11.2 Å². The SMILES string of the molecule is Cc1cc(NC(=O)c2ccc(S(=O)(=O)NCCc3cccs3)cc2)no1. The first-order chi connectivity index (χ1) is 12.4. The van der Waals surface area contributed by atoms with Crippen LogP contribution in [0, 0.1) is 6.92 Å². The van der Waals surface area contributed by atoms with E-state index in [9.17, 15) is 13.2 Å². The number of carbonyl (C=O) groups excluding carboxylic acids is 1. The molecule has 3 rings (SSSR count). The molecular weight excluding hydrogens is 374 g/mol. The number of sulfonamides is 1. The zero-order chi connectivity index (χ0) is 18.6. The first-order valence-electron chi connectivity index (χ1n) is 7.81. The minimum Gasteiger partial charge on any atom is -0.360 e. The van der Waals surface area contributed by atoms with Crippen molar-refractivity contribution in [3.63, 3.8) is 0 Å². The molecule has 0 aliphatic rings. The number of aromatic nitrogens is 1. The molecule has 0 aliphatic carbocycles. The summed E-state index contributed by atoms with van der Waals surface area (Å²) in [4.78, 5) is 13.4. The molecule has 0 atom stereocenters. The summed E-state index contributed by atoms with van der Waals surface area (Å²) in [5.41, 5.74) is 0.322. The zero-order valence-corrected chi connectivity index (χ0v) is 15.6. The van der Waals surface area contributed by atoms with Gasteiger partial charge in [-0.3, -0.25) is 4.79 Å². The fourth-order valence-electron chi connectivity index (χ4n) is 2.25. The molecule has 3 aromatic rings. The van der Waals surface area contributed by atoms with Crippen LogP contribution in [0.3, 0.4) is 0 Å². The molecular formula is C17H17N3O4S2. The molecule has 0 bridgehead atoms. The van der Waals surface area contributed by atoms with Crippen molar-refractivity contribution in [1.82, 2.24) is 9.88 Å². The monoisotopic (exact) mass is 391 g/mol. The molecule has 2 N–H and O–H groups in total. The van der Waals surface area contributed by atoms with Gasteiger partial charge in [0.2, 0.25) is 10.0 Å². The number of thiophene rings is 1. The van der Waals surface area contributed by atoms with Gasteiger partial charge in [0.25, 0.3) is 5.91 Å². The minimum atomic E-state index is -3.62. The number of rotatable bonds is 7. The van der Waals surface area contributed by atoms with Crippen LogP contribution >= 0.6 is 11.3 Å². The first kappa shape index (κ1) is 18.3. The van der Waals surface area contributed by atoms with Crippen LogP contribution < -0.4 is 10.0 Å². The lowest BCUT2D eigenvalue weighted by molar-refractivity contribution is 0.102. The van der Waals surface area contributed by atoms with Crippen molar-refractivity contribution in [2.45, 2.75) is 18.2 Å². The van der Waals surface area contributed by atoms with Crippen LogP contribution in [0.25, 0.3) is 0 Å². The van der Waals surface area contributed by atoms with Crippen LogP contribution in [0.1, 0.15) is 21.0 Å². The van der Waals surface area contributed by atoms with Crippen LogP contribution in [0.4, 0.5) is 5.82 Å². The van der Waals surface area contributed by atoms with Crippen LogP contribution in [-0.2, 0) is 16.4 Å². The number of hydrogen-bond donors (Lipinski definition) is 2. The lowest BCUT2D eigenvalue weighted by Crippen LogP contribution is -2.26. The third kappa shape index (κ3) is 4.57. The fraction of sp³-hybridized carbons (Fsp3) is 0.176. The normalized spacial score (nSPS) is 11.4. The van der Waals surface area contributed by atoms with E-state index in [2.05, 4.69) is 15.2 Å². The molecule has 0 fully saturated rings. The molecule has 1 aromatic carbocycles. The summed E-state index contributed by atoms with van der Waals surface area (Å²) in [6, 6.07) is 11.2. The summed E-state index contributed by atoms with van der Waals surface area (Å²) in [5, 5.41) is 8.21. The fourth-order valence-corrected chi connectivity index (χ4v) is 3.99. The Morgan fingerprint density at radius 3 is 2.62 bits per heavy atom. The molecule has 0 saturated heterocycles. The standard InChI is InChI=1S/C17H17N3O4S2/c1-12-11-16(20-24-12)19-17(21)13-4-6-15(7-5-13)26(22,23)18-9-8-14-3-2-10-25-14/h2-7,10-11,18H,8-9H2,1H3,(H,19,20,21). The van der Waals surface area contributed by atoms with Gasteiger partial charge < -0.3 is 9.84 Å². The van der Waals surface area contributed by atoms with Gasteiger partial charge in [0, 0.05) is 23.1 Å². The molecule has 0 aliphatic heterocycles. The average Bonchev–Trinajstić information content (AvgIpc) is 3.27. The van der Waals surface area contributed by atoms with Gasteiger partial charge in [-0.15, -0.1) is 11.3 Å². The van der Waals surface area contributed by atoms with E-state index in [0.29, 0.717) is 30.1 Å². The Kier molecular flexibility index (Phi) is 5.50. The maximum Gasteiger partial charge on any atom is 0.256 e. The van der Waals surface area contributed by atoms with E-state index in [1.165, 1.54) is 24.3 Å². The van der Waals surface area contributed by atoms with Crippen LogP contribution in [0.15, 0.2) is 57.3 Å². The molecule has 0 saturated carbocycles. The molecule has 0 spiro atoms. The van der Waals surface area contributed by atoms with Crippen molar-refractivity contribution in [3.05, 3.63) is 64.0 Å². The number of anilines is 1. The van der Waals surface area contributed by atoms with E-state index >= 15 is 0 Å². The highest BCUT2D eigenvalue weighted by molar-refractivity contribution is 7.89. The average molecular weight is 391 g/mol. The molecule has 0 unspecified atom stereocenters. The predicted octanol–water partition coefficient (Wildman–Crippen LogP) is 2.82. The van der Waals surface area contributed by atoms with Gasteiger partial charge >= 0.3 is 0 Å². The minimum absolute atomic E-state index is 0.109. The lowest BCUT2D eigenvalue weighted by Gasteiger charge is -2.07. The molecule has 2 aromatic heterocycles. The Hall–Kier alpha value is -2.49. The van der Waals surface area contributed by atoms with Crippen molar-refractivity contribution in [3.8, 4) is 0 Å². The first-order valence-corrected chi connectivity index (χ1v) is 10.2. The molecule has 9 heteroatoms. The molecule has 7 nitrogen and oxygen atoms in total. The Morgan fingerprint density at radius 1 is 1.23 bits per heavy atom. The summed E-state index contributed by atoms with van der Waals surface area (Å²) < 4.78 is 32.0. The number of nitrogens with zero attached hydrogens (tertiary/aromatic N) is 1. The van der Waals surface area contributed by atoms with Crippen molar-refractivity contribution in [2.75, 3.05) is 11.9 Å². The second-order valence-electron chi connectivity index (χ2n) is 5.53. The maximum atomic E-state index is 12.3. The van der Waals surface area contributed by atoms with E-state index in [1.54, 1.807) is 24.3 Å². The number of nitrogens with one attached hydrogen (secondary N) is 2. The number of aryl methyl sites for hydroxylation is 1. The highest BCUT2D eigenvalue weighted by Gasteiger charge is 2.15. The molecule has 26 heavy (non-hydrogen) atoms. The van der Waals surface area contributed by atoms with Gasteiger partial charge in [-0.25, -0.2) is 13.1 Å². The van der Waals surface area contributed by atoms with E-state index in [1.807, 2.05) is 17.5 Å². The smallest absolute Gasteiger partial charge is 0.256 e. The summed E-state index contributed by atoms with van der Waals surface area (Å²) in [7, 11) is -3.62. The van der Waals surface area contributed by atoms with Crippen molar-refractivity contribution in [2.24, 2.45) is 0 Å². The summed E-state index contributed by atoms with van der Waals surface area (Å²) in [5.74, 6) is 0.489. The number of benzene rings is 1. The van der Waals surface area contributed by atoms with Gasteiger partial charge in [-0.05, 0) is 49.1 Å². The molecule has 0 radical (unpaired) electrons. The highest BCUT2D eigenvalue weighted by atomic mass is 32.2. The summed E-state index contributed by atoms with van der Waals surface area (Å²) >= 11 is 1.59. The van der Waals surface area contributed by atoms with E-state index in [-0.39, 0.29) is 4.90 Å². The molecule has 1 amide bonds. The van der Waals surface area contributed by atoms with Gasteiger partial charge in [0.05, 0.1) is 4.90 Å². The van der Waals surface area contributed by atoms with Crippen molar-refractivity contribution < 1.29 is 17.7 Å². The maximum absolute atomic E-state index is 12.3. The Bertz CT molecular complexity index is 977. The quantitative estimate of drug-likeness (QED) is 0.645. The molecule has 136 valence electrons. The Morgan fingerprint density at radius 2 is 2.00 bits per heavy atom. The second kappa shape index (κ2) is 7.81. The lowest BCUT2D eigenvalue weighted by atomic mass is 10.2. The second-order valence-corrected chi connectivity index (χ2v) is 8.33.